The minimum Gasteiger partial charge on any atom is -0.339 e. The van der Waals surface area contributed by atoms with Crippen LogP contribution in [0, 0.1) is 12.3 Å². The maximum atomic E-state index is 5.87. The fraction of sp³-hybridized carbons (Fsp3) is 0.400. The molecule has 0 atom stereocenters. The van der Waals surface area contributed by atoms with Crippen molar-refractivity contribution in [1.29, 1.82) is 0 Å². The van der Waals surface area contributed by atoms with E-state index in [1.807, 2.05) is 24.3 Å². The molecule has 0 unspecified atom stereocenters. The molecule has 19 heavy (non-hydrogen) atoms. The Kier molecular flexibility index (Phi) is 3.83. The van der Waals surface area contributed by atoms with Crippen molar-refractivity contribution in [2.75, 3.05) is 0 Å². The van der Waals surface area contributed by atoms with Crippen molar-refractivity contribution in [2.45, 2.75) is 32.1 Å². The quantitative estimate of drug-likeness (QED) is 0.837. The molecule has 0 spiro atoms. The summed E-state index contributed by atoms with van der Waals surface area (Å²) >= 11 is 5.87. The molecule has 1 fully saturated rings. The molecule has 2 aromatic rings. The van der Waals surface area contributed by atoms with Crippen LogP contribution in [0.4, 0.5) is 0 Å². The topological polar surface area (TPSA) is 38.9 Å². The van der Waals surface area contributed by atoms with Crippen molar-refractivity contribution in [3.05, 3.63) is 41.6 Å². The Hall–Kier alpha value is -1.35. The largest absolute Gasteiger partial charge is 0.339 e. The molecule has 0 amide bonds. The number of aromatic nitrogens is 2. The van der Waals surface area contributed by atoms with Crippen molar-refractivity contribution in [3.8, 4) is 11.4 Å². The van der Waals surface area contributed by atoms with E-state index in [0.29, 0.717) is 16.8 Å². The van der Waals surface area contributed by atoms with Gasteiger partial charge in [0.1, 0.15) is 0 Å². The highest BCUT2D eigenvalue weighted by Gasteiger charge is 2.17. The Morgan fingerprint density at radius 3 is 2.63 bits per heavy atom. The zero-order chi connectivity index (χ0) is 13.1. The fourth-order valence-electron chi connectivity index (χ4n) is 2.50. The molecular formula is C15H16ClN2O. The standard InChI is InChI=1S/C15H16ClN2O/c16-13-8-6-12(7-9-13)15-17-14(19-18-15)10-11-4-2-1-3-5-11/h1,6-9,11H,2-5,10H2. The van der Waals surface area contributed by atoms with Gasteiger partial charge in [-0.2, -0.15) is 4.98 Å². The van der Waals surface area contributed by atoms with Crippen molar-refractivity contribution in [2.24, 2.45) is 5.92 Å². The lowest BCUT2D eigenvalue weighted by Crippen LogP contribution is -2.09. The molecule has 0 saturated heterocycles. The van der Waals surface area contributed by atoms with E-state index in [0.717, 1.165) is 17.9 Å². The maximum absolute atomic E-state index is 5.87. The summed E-state index contributed by atoms with van der Waals surface area (Å²) in [7, 11) is 0. The summed E-state index contributed by atoms with van der Waals surface area (Å²) in [4.78, 5) is 4.47. The van der Waals surface area contributed by atoms with Crippen LogP contribution in [0.5, 0.6) is 0 Å². The number of hydrogen-bond donors (Lipinski definition) is 0. The molecule has 1 aliphatic carbocycles. The Labute approximate surface area is 118 Å². The maximum Gasteiger partial charge on any atom is 0.227 e. The molecule has 1 radical (unpaired) electrons. The Balaban J connectivity index is 1.70. The van der Waals surface area contributed by atoms with E-state index < -0.39 is 0 Å². The molecule has 3 rings (SSSR count). The highest BCUT2D eigenvalue weighted by Crippen LogP contribution is 2.26. The van der Waals surface area contributed by atoms with Crippen LogP contribution in [-0.4, -0.2) is 10.1 Å². The van der Waals surface area contributed by atoms with E-state index >= 15 is 0 Å². The first-order chi connectivity index (χ1) is 9.31. The summed E-state index contributed by atoms with van der Waals surface area (Å²) < 4.78 is 5.35. The number of rotatable bonds is 3. The first kappa shape index (κ1) is 12.7. The molecule has 1 aromatic heterocycles. The van der Waals surface area contributed by atoms with E-state index in [9.17, 15) is 0 Å². The molecule has 99 valence electrons. The monoisotopic (exact) mass is 275 g/mol. The zero-order valence-electron chi connectivity index (χ0n) is 10.7. The van der Waals surface area contributed by atoms with Gasteiger partial charge in [-0.15, -0.1) is 0 Å². The molecule has 0 N–H and O–H groups in total. The van der Waals surface area contributed by atoms with Crippen molar-refractivity contribution < 1.29 is 4.52 Å². The minimum atomic E-state index is 0.647. The van der Waals surface area contributed by atoms with Crippen LogP contribution in [0.3, 0.4) is 0 Å². The first-order valence-corrected chi connectivity index (χ1v) is 7.09. The number of hydrogen-bond acceptors (Lipinski definition) is 3. The lowest BCUT2D eigenvalue weighted by Gasteiger charge is -2.19. The second-order valence-electron chi connectivity index (χ2n) is 5.03. The number of benzene rings is 1. The van der Waals surface area contributed by atoms with Gasteiger partial charge >= 0.3 is 0 Å². The van der Waals surface area contributed by atoms with Crippen molar-refractivity contribution in [1.82, 2.24) is 10.1 Å². The van der Waals surface area contributed by atoms with Crippen LogP contribution in [0.1, 0.15) is 31.6 Å². The summed E-state index contributed by atoms with van der Waals surface area (Å²) in [5, 5.41) is 4.76. The predicted molar refractivity (Wildman–Crippen MR) is 74.7 cm³/mol. The summed E-state index contributed by atoms with van der Waals surface area (Å²) in [6, 6.07) is 7.49. The van der Waals surface area contributed by atoms with Crippen LogP contribution in [-0.2, 0) is 6.42 Å². The Morgan fingerprint density at radius 1 is 1.16 bits per heavy atom. The van der Waals surface area contributed by atoms with Gasteiger partial charge in [-0.05, 0) is 62.3 Å². The second kappa shape index (κ2) is 5.74. The van der Waals surface area contributed by atoms with E-state index in [4.69, 9.17) is 16.1 Å². The third-order valence-corrected chi connectivity index (χ3v) is 3.84. The lowest BCUT2D eigenvalue weighted by atomic mass is 9.87. The fourth-order valence-corrected chi connectivity index (χ4v) is 2.63. The zero-order valence-corrected chi connectivity index (χ0v) is 11.4. The molecule has 0 aliphatic heterocycles. The van der Waals surface area contributed by atoms with Gasteiger partial charge in [0.05, 0.1) is 0 Å². The minimum absolute atomic E-state index is 0.647. The predicted octanol–water partition coefficient (Wildman–Crippen LogP) is 4.33. The summed E-state index contributed by atoms with van der Waals surface area (Å²) in [6.07, 6.45) is 8.15. The summed E-state index contributed by atoms with van der Waals surface area (Å²) in [5.74, 6) is 2.08. The second-order valence-corrected chi connectivity index (χ2v) is 5.47. The number of halogens is 1. The smallest absolute Gasteiger partial charge is 0.227 e. The summed E-state index contributed by atoms with van der Waals surface area (Å²) in [6.45, 7) is 0. The van der Waals surface area contributed by atoms with Gasteiger partial charge < -0.3 is 4.52 Å². The van der Waals surface area contributed by atoms with Gasteiger partial charge in [-0.3, -0.25) is 0 Å². The van der Waals surface area contributed by atoms with E-state index in [-0.39, 0.29) is 0 Å². The normalized spacial score (nSPS) is 16.7. The SMILES string of the molecule is Clc1ccc(-c2noc(CC3CC[CH]CC3)n2)cc1. The van der Waals surface area contributed by atoms with Crippen LogP contribution < -0.4 is 0 Å². The third kappa shape index (κ3) is 3.16. The van der Waals surface area contributed by atoms with Crippen LogP contribution in [0.15, 0.2) is 28.8 Å². The highest BCUT2D eigenvalue weighted by molar-refractivity contribution is 6.30. The van der Waals surface area contributed by atoms with Crippen molar-refractivity contribution in [3.63, 3.8) is 0 Å². The average molecular weight is 276 g/mol. The molecule has 1 aliphatic rings. The van der Waals surface area contributed by atoms with Gasteiger partial charge in [0.2, 0.25) is 11.7 Å². The Bertz CT molecular complexity index is 529. The Morgan fingerprint density at radius 2 is 1.89 bits per heavy atom. The van der Waals surface area contributed by atoms with Gasteiger partial charge in [0.25, 0.3) is 0 Å². The summed E-state index contributed by atoms with van der Waals surface area (Å²) in [5.41, 5.74) is 0.941. The first-order valence-electron chi connectivity index (χ1n) is 6.71. The van der Waals surface area contributed by atoms with Gasteiger partial charge in [0, 0.05) is 17.0 Å². The molecule has 0 bridgehead atoms. The molecule has 4 heteroatoms. The molecule has 1 saturated carbocycles. The average Bonchev–Trinajstić information content (AvgIpc) is 2.89. The van der Waals surface area contributed by atoms with Gasteiger partial charge in [0.15, 0.2) is 0 Å². The third-order valence-electron chi connectivity index (χ3n) is 3.59. The molecule has 1 aromatic carbocycles. The highest BCUT2D eigenvalue weighted by atomic mass is 35.5. The van der Waals surface area contributed by atoms with E-state index in [1.54, 1.807) is 0 Å². The number of nitrogens with zero attached hydrogens (tertiary/aromatic N) is 2. The van der Waals surface area contributed by atoms with Crippen molar-refractivity contribution >= 4 is 11.6 Å². The van der Waals surface area contributed by atoms with Crippen LogP contribution >= 0.6 is 11.6 Å². The molecular weight excluding hydrogens is 260 g/mol. The van der Waals surface area contributed by atoms with Crippen LogP contribution in [0.2, 0.25) is 5.02 Å². The lowest BCUT2D eigenvalue weighted by molar-refractivity contribution is 0.324. The van der Waals surface area contributed by atoms with Gasteiger partial charge in [-0.25, -0.2) is 0 Å². The van der Waals surface area contributed by atoms with E-state index in [1.165, 1.54) is 25.7 Å². The molecule has 1 heterocycles. The van der Waals surface area contributed by atoms with Gasteiger partial charge in [-0.1, -0.05) is 16.8 Å². The van der Waals surface area contributed by atoms with E-state index in [2.05, 4.69) is 16.6 Å². The molecule has 3 nitrogen and oxygen atoms in total. The van der Waals surface area contributed by atoms with Crippen LogP contribution in [0.25, 0.3) is 11.4 Å².